The molecule has 0 aromatic carbocycles. The molecule has 12 nitrogen and oxygen atoms in total. The predicted octanol–water partition coefficient (Wildman–Crippen LogP) is 0.923. The number of amides is 2. The minimum Gasteiger partial charge on any atom is -0.379 e. The molecule has 0 radical (unpaired) electrons. The third kappa shape index (κ3) is 4.96. The maximum absolute atomic E-state index is 13.4. The average molecular weight is 512 g/mol. The van der Waals surface area contributed by atoms with Gasteiger partial charge in [-0.1, -0.05) is 11.6 Å². The number of carbonyl (C=O) groups excluding carboxylic acids is 2. The first-order valence-electron chi connectivity index (χ1n) is 11.5. The van der Waals surface area contributed by atoms with Crippen molar-refractivity contribution in [2.24, 2.45) is 7.05 Å². The molecule has 36 heavy (non-hydrogen) atoms. The van der Waals surface area contributed by atoms with Crippen LogP contribution in [0.4, 0.5) is 11.8 Å². The van der Waals surface area contributed by atoms with Gasteiger partial charge in [0.15, 0.2) is 5.82 Å². The number of hydrogen-bond acceptors (Lipinski definition) is 8. The average Bonchev–Trinajstić information content (AvgIpc) is 3.55. The molecule has 3 aromatic rings. The Hall–Kier alpha value is -3.74. The molecule has 0 unspecified atom stereocenters. The Morgan fingerprint density at radius 1 is 1.33 bits per heavy atom. The van der Waals surface area contributed by atoms with Crippen LogP contribution in [0.1, 0.15) is 27.2 Å². The second-order valence-corrected chi connectivity index (χ2v) is 8.95. The first-order chi connectivity index (χ1) is 17.4. The van der Waals surface area contributed by atoms with Crippen molar-refractivity contribution in [1.29, 1.82) is 0 Å². The minimum atomic E-state index is -0.304. The summed E-state index contributed by atoms with van der Waals surface area (Å²) < 4.78 is 7.00. The number of nitrogens with two attached hydrogens (primary N) is 1. The quantitative estimate of drug-likeness (QED) is 0.313. The topological polar surface area (TPSA) is 147 Å². The number of nitrogen functional groups attached to an aromatic ring is 1. The summed E-state index contributed by atoms with van der Waals surface area (Å²) in [5, 5.41) is 7.17. The lowest BCUT2D eigenvalue weighted by molar-refractivity contribution is -0.113. The SMILES string of the molecule is Cn1cc(CN2C(=O)/C(=C\c3cc(C(=O)NCCN4CCOCC4)c[nH]3)c3c(Cl)nc(N)nc32)cn1. The van der Waals surface area contributed by atoms with Crippen LogP contribution in [0.3, 0.4) is 0 Å². The van der Waals surface area contributed by atoms with Crippen molar-refractivity contribution in [2.75, 3.05) is 50.0 Å². The summed E-state index contributed by atoms with van der Waals surface area (Å²) in [7, 11) is 1.80. The summed E-state index contributed by atoms with van der Waals surface area (Å²) >= 11 is 6.40. The Bertz CT molecular complexity index is 1330. The fraction of sp³-hybridized carbons (Fsp3) is 0.348. The number of rotatable bonds is 7. The molecule has 0 spiro atoms. The number of aromatic amines is 1. The van der Waals surface area contributed by atoms with Crippen LogP contribution in [-0.4, -0.2) is 80.8 Å². The smallest absolute Gasteiger partial charge is 0.260 e. The van der Waals surface area contributed by atoms with E-state index in [4.69, 9.17) is 22.1 Å². The van der Waals surface area contributed by atoms with Gasteiger partial charge in [0, 0.05) is 56.9 Å². The largest absolute Gasteiger partial charge is 0.379 e. The maximum atomic E-state index is 13.4. The number of aryl methyl sites for hydroxylation is 1. The van der Waals surface area contributed by atoms with Crippen molar-refractivity contribution in [3.63, 3.8) is 0 Å². The second-order valence-electron chi connectivity index (χ2n) is 8.60. The number of nitrogens with one attached hydrogen (secondary N) is 2. The van der Waals surface area contributed by atoms with E-state index in [1.165, 1.54) is 4.90 Å². The van der Waals surface area contributed by atoms with Gasteiger partial charge in [-0.15, -0.1) is 0 Å². The number of H-pyrrole nitrogens is 1. The van der Waals surface area contributed by atoms with Crippen LogP contribution in [-0.2, 0) is 23.1 Å². The molecule has 188 valence electrons. The Morgan fingerprint density at radius 2 is 2.14 bits per heavy atom. The number of ether oxygens (including phenoxy) is 1. The second kappa shape index (κ2) is 10.1. The van der Waals surface area contributed by atoms with Crippen molar-refractivity contribution >= 4 is 46.8 Å². The number of anilines is 2. The highest BCUT2D eigenvalue weighted by atomic mass is 35.5. The van der Waals surface area contributed by atoms with Crippen LogP contribution < -0.4 is 16.0 Å². The number of morpholine rings is 1. The van der Waals surface area contributed by atoms with Crippen LogP contribution in [0.25, 0.3) is 11.6 Å². The molecule has 0 bridgehead atoms. The van der Waals surface area contributed by atoms with Crippen LogP contribution in [0.5, 0.6) is 0 Å². The highest BCUT2D eigenvalue weighted by Crippen LogP contribution is 2.41. The van der Waals surface area contributed by atoms with Gasteiger partial charge < -0.3 is 20.8 Å². The number of hydrogen-bond donors (Lipinski definition) is 3. The van der Waals surface area contributed by atoms with E-state index in [1.54, 1.807) is 36.3 Å². The number of aromatic nitrogens is 5. The monoisotopic (exact) mass is 511 g/mol. The Labute approximate surface area is 212 Å². The molecular formula is C23H26ClN9O3. The van der Waals surface area contributed by atoms with Crippen molar-refractivity contribution < 1.29 is 14.3 Å². The molecule has 5 heterocycles. The predicted molar refractivity (Wildman–Crippen MR) is 134 cm³/mol. The lowest BCUT2D eigenvalue weighted by Crippen LogP contribution is -2.41. The van der Waals surface area contributed by atoms with E-state index < -0.39 is 0 Å². The van der Waals surface area contributed by atoms with Crippen LogP contribution in [0, 0.1) is 0 Å². The van der Waals surface area contributed by atoms with E-state index in [9.17, 15) is 9.59 Å². The summed E-state index contributed by atoms with van der Waals surface area (Å²) in [6, 6.07) is 1.68. The highest BCUT2D eigenvalue weighted by molar-refractivity contribution is 6.41. The number of carbonyl (C=O) groups is 2. The zero-order valence-corrected chi connectivity index (χ0v) is 20.5. The summed E-state index contributed by atoms with van der Waals surface area (Å²) in [4.78, 5) is 41.1. The van der Waals surface area contributed by atoms with E-state index >= 15 is 0 Å². The van der Waals surface area contributed by atoms with Gasteiger partial charge in [0.25, 0.3) is 11.8 Å². The van der Waals surface area contributed by atoms with Gasteiger partial charge in [0.2, 0.25) is 5.95 Å². The molecule has 0 aliphatic carbocycles. The van der Waals surface area contributed by atoms with Gasteiger partial charge in [-0.25, -0.2) is 4.98 Å². The van der Waals surface area contributed by atoms with Gasteiger partial charge in [-0.05, 0) is 12.1 Å². The standard InChI is InChI=1S/C23H26ClN9O3/c1-31-12-14(10-28-31)13-33-20-18(19(24)29-23(25)30-20)17(22(33)35)9-16-8-15(11-27-16)21(34)26-2-3-32-4-6-36-7-5-32/h8-12,27H,2-7,13H2,1H3,(H,26,34)(H2,25,29,30)/b17-9-. The fourth-order valence-corrected chi connectivity index (χ4v) is 4.54. The van der Waals surface area contributed by atoms with E-state index in [0.29, 0.717) is 48.0 Å². The molecule has 1 saturated heterocycles. The summed E-state index contributed by atoms with van der Waals surface area (Å²) in [6.45, 7) is 4.69. The molecule has 13 heteroatoms. The third-order valence-electron chi connectivity index (χ3n) is 6.05. The molecule has 4 N–H and O–H groups in total. The lowest BCUT2D eigenvalue weighted by atomic mass is 10.1. The van der Waals surface area contributed by atoms with E-state index in [2.05, 4.69) is 30.3 Å². The molecule has 2 amide bonds. The van der Waals surface area contributed by atoms with Gasteiger partial charge in [-0.3, -0.25) is 24.1 Å². The number of halogens is 1. The molecule has 2 aliphatic heterocycles. The molecule has 2 aliphatic rings. The third-order valence-corrected chi connectivity index (χ3v) is 6.32. The maximum Gasteiger partial charge on any atom is 0.260 e. The zero-order chi connectivity index (χ0) is 25.2. The van der Waals surface area contributed by atoms with Gasteiger partial charge in [0.1, 0.15) is 5.15 Å². The molecule has 0 atom stereocenters. The van der Waals surface area contributed by atoms with Crippen molar-refractivity contribution in [1.82, 2.24) is 34.9 Å². The van der Waals surface area contributed by atoms with Gasteiger partial charge in [-0.2, -0.15) is 10.1 Å². The van der Waals surface area contributed by atoms with Crippen LogP contribution in [0.2, 0.25) is 5.15 Å². The summed E-state index contributed by atoms with van der Waals surface area (Å²) in [5.74, 6) is -0.198. The van der Waals surface area contributed by atoms with Crippen molar-refractivity contribution in [3.05, 3.63) is 52.2 Å². The van der Waals surface area contributed by atoms with Crippen molar-refractivity contribution in [2.45, 2.75) is 6.54 Å². The Kier molecular flexibility index (Phi) is 6.72. The molecule has 5 rings (SSSR count). The normalized spacial score (nSPS) is 17.1. The molecular weight excluding hydrogens is 486 g/mol. The number of fused-ring (bicyclic) bond motifs is 1. The minimum absolute atomic E-state index is 0.0279. The van der Waals surface area contributed by atoms with Gasteiger partial charge >= 0.3 is 0 Å². The van der Waals surface area contributed by atoms with E-state index in [0.717, 1.165) is 25.2 Å². The summed E-state index contributed by atoms with van der Waals surface area (Å²) in [6.07, 6.45) is 6.73. The van der Waals surface area contributed by atoms with Crippen LogP contribution >= 0.6 is 11.6 Å². The van der Waals surface area contributed by atoms with E-state index in [1.807, 2.05) is 6.20 Å². The Morgan fingerprint density at radius 3 is 2.89 bits per heavy atom. The van der Waals surface area contributed by atoms with E-state index in [-0.39, 0.29) is 29.5 Å². The first-order valence-corrected chi connectivity index (χ1v) is 11.9. The lowest BCUT2D eigenvalue weighted by Gasteiger charge is -2.26. The molecule has 3 aromatic heterocycles. The number of nitrogens with zero attached hydrogens (tertiary/aromatic N) is 6. The zero-order valence-electron chi connectivity index (χ0n) is 19.7. The summed E-state index contributed by atoms with van der Waals surface area (Å²) in [5.41, 5.74) is 8.37. The molecule has 0 saturated carbocycles. The van der Waals surface area contributed by atoms with Crippen LogP contribution in [0.15, 0.2) is 24.7 Å². The Balaban J connectivity index is 1.34. The fourth-order valence-electron chi connectivity index (χ4n) is 4.27. The first kappa shape index (κ1) is 24.0. The highest BCUT2D eigenvalue weighted by Gasteiger charge is 2.37. The van der Waals surface area contributed by atoms with Gasteiger partial charge in [0.05, 0.1) is 42.7 Å². The van der Waals surface area contributed by atoms with Crippen molar-refractivity contribution in [3.8, 4) is 0 Å². The molecule has 1 fully saturated rings.